The molecule has 10 heteroatoms. The van der Waals surface area contributed by atoms with Gasteiger partial charge in [-0.25, -0.2) is 4.68 Å². The highest BCUT2D eigenvalue weighted by Gasteiger charge is 2.34. The molecule has 1 aliphatic rings. The fraction of sp³-hybridized carbons (Fsp3) is 0.258. The molecule has 1 aliphatic heterocycles. The average molecular weight is 556 g/mol. The first-order chi connectivity index (χ1) is 19.9. The standard InChI is InChI=1S/C31H33N5O5/c1-6-40-27-15-22(10-12-26(27)41-17-21-9-7-8-19(2)14-21)29-28(20(3)34-31-32-18-33-36(29)31)30(37)35-24-16-23(38-4)11-13-25(24)39-5/h7-16,18,29H,6,17H2,1-5H3,(H,35,37)(H,32,33,34). The van der Waals surface area contributed by atoms with Gasteiger partial charge in [0.15, 0.2) is 11.5 Å². The number of nitrogens with zero attached hydrogens (tertiary/aromatic N) is 3. The van der Waals surface area contributed by atoms with Crippen LogP contribution >= 0.6 is 0 Å². The number of methoxy groups -OCH3 is 2. The lowest BCUT2D eigenvalue weighted by Gasteiger charge is -2.29. The highest BCUT2D eigenvalue weighted by atomic mass is 16.5. The summed E-state index contributed by atoms with van der Waals surface area (Å²) >= 11 is 0. The van der Waals surface area contributed by atoms with Gasteiger partial charge in [-0.2, -0.15) is 10.1 Å². The third-order valence-electron chi connectivity index (χ3n) is 6.75. The van der Waals surface area contributed by atoms with Crippen LogP contribution in [0.2, 0.25) is 0 Å². The van der Waals surface area contributed by atoms with E-state index >= 15 is 0 Å². The molecule has 1 aromatic heterocycles. The normalized spacial score (nSPS) is 14.1. The molecule has 2 N–H and O–H groups in total. The number of aromatic nitrogens is 3. The number of carbonyl (C=O) groups excluding carboxylic acids is 1. The molecule has 10 nitrogen and oxygen atoms in total. The first kappa shape index (κ1) is 27.6. The second kappa shape index (κ2) is 12.0. The molecule has 2 heterocycles. The van der Waals surface area contributed by atoms with Crippen LogP contribution in [0.3, 0.4) is 0 Å². The van der Waals surface area contributed by atoms with Crippen LogP contribution in [0.1, 0.15) is 36.6 Å². The third kappa shape index (κ3) is 5.81. The predicted molar refractivity (Wildman–Crippen MR) is 156 cm³/mol. The van der Waals surface area contributed by atoms with E-state index in [2.05, 4.69) is 39.8 Å². The molecule has 0 saturated heterocycles. The number of amides is 1. The number of hydrogen-bond acceptors (Lipinski definition) is 8. The van der Waals surface area contributed by atoms with E-state index in [4.69, 9.17) is 18.9 Å². The third-order valence-corrected chi connectivity index (χ3v) is 6.75. The van der Waals surface area contributed by atoms with E-state index in [1.807, 2.05) is 44.2 Å². The Hall–Kier alpha value is -4.99. The summed E-state index contributed by atoms with van der Waals surface area (Å²) in [5.41, 5.74) is 4.60. The quantitative estimate of drug-likeness (QED) is 0.264. The Bertz CT molecular complexity index is 1600. The molecule has 4 aromatic rings. The van der Waals surface area contributed by atoms with Gasteiger partial charge in [0.2, 0.25) is 5.95 Å². The van der Waals surface area contributed by atoms with E-state index in [1.54, 1.807) is 37.1 Å². The van der Waals surface area contributed by atoms with Gasteiger partial charge in [-0.05, 0) is 56.2 Å². The Labute approximate surface area is 238 Å². The summed E-state index contributed by atoms with van der Waals surface area (Å²) in [5, 5.41) is 10.6. The second-order valence-electron chi connectivity index (χ2n) is 9.53. The van der Waals surface area contributed by atoms with Gasteiger partial charge in [0.25, 0.3) is 5.91 Å². The van der Waals surface area contributed by atoms with Crippen LogP contribution < -0.4 is 29.6 Å². The van der Waals surface area contributed by atoms with Gasteiger partial charge in [0.1, 0.15) is 30.5 Å². The van der Waals surface area contributed by atoms with Crippen molar-refractivity contribution in [3.63, 3.8) is 0 Å². The van der Waals surface area contributed by atoms with Gasteiger partial charge in [0.05, 0.1) is 32.1 Å². The van der Waals surface area contributed by atoms with Crippen LogP contribution in [0, 0.1) is 6.92 Å². The summed E-state index contributed by atoms with van der Waals surface area (Å²) in [6.07, 6.45) is 1.46. The summed E-state index contributed by atoms with van der Waals surface area (Å²) in [6.45, 7) is 6.65. The molecule has 212 valence electrons. The van der Waals surface area contributed by atoms with E-state index in [1.165, 1.54) is 11.9 Å². The van der Waals surface area contributed by atoms with Crippen molar-refractivity contribution in [1.29, 1.82) is 0 Å². The van der Waals surface area contributed by atoms with E-state index in [0.717, 1.165) is 11.1 Å². The van der Waals surface area contributed by atoms with Crippen molar-refractivity contribution >= 4 is 17.5 Å². The molecule has 1 atom stereocenters. The number of allylic oxidation sites excluding steroid dienone is 1. The minimum atomic E-state index is -0.588. The van der Waals surface area contributed by atoms with Crippen molar-refractivity contribution < 1.29 is 23.7 Å². The van der Waals surface area contributed by atoms with E-state index < -0.39 is 6.04 Å². The van der Waals surface area contributed by atoms with Crippen molar-refractivity contribution in [2.75, 3.05) is 31.5 Å². The van der Waals surface area contributed by atoms with E-state index in [-0.39, 0.29) is 5.91 Å². The van der Waals surface area contributed by atoms with Crippen molar-refractivity contribution in [3.05, 3.63) is 95.0 Å². The number of rotatable bonds is 10. The van der Waals surface area contributed by atoms with Gasteiger partial charge in [-0.15, -0.1) is 0 Å². The summed E-state index contributed by atoms with van der Waals surface area (Å²) in [7, 11) is 3.12. The lowest BCUT2D eigenvalue weighted by atomic mass is 9.94. The first-order valence-electron chi connectivity index (χ1n) is 13.3. The molecule has 0 saturated carbocycles. The van der Waals surface area contributed by atoms with Crippen LogP contribution in [0.25, 0.3) is 0 Å². The largest absolute Gasteiger partial charge is 0.497 e. The number of fused-ring (bicyclic) bond motifs is 1. The lowest BCUT2D eigenvalue weighted by molar-refractivity contribution is -0.113. The molecular formula is C31H33N5O5. The molecule has 1 unspecified atom stereocenters. The van der Waals surface area contributed by atoms with E-state index in [0.29, 0.717) is 59.1 Å². The summed E-state index contributed by atoms with van der Waals surface area (Å²) in [5.74, 6) is 2.48. The SMILES string of the molecule is CCOc1cc(C2C(C(=O)Nc3cc(OC)ccc3OC)=C(C)Nc3ncnn32)ccc1OCc1cccc(C)c1. The van der Waals surface area contributed by atoms with Gasteiger partial charge in [-0.3, -0.25) is 4.79 Å². The van der Waals surface area contributed by atoms with Crippen molar-refractivity contribution in [1.82, 2.24) is 14.8 Å². The maximum absolute atomic E-state index is 13.9. The Morgan fingerprint density at radius 1 is 0.976 bits per heavy atom. The van der Waals surface area contributed by atoms with Crippen LogP contribution in [-0.2, 0) is 11.4 Å². The zero-order valence-corrected chi connectivity index (χ0v) is 23.7. The smallest absolute Gasteiger partial charge is 0.255 e. The van der Waals surface area contributed by atoms with Gasteiger partial charge in [0, 0.05) is 11.8 Å². The molecule has 0 radical (unpaired) electrons. The molecule has 0 fully saturated rings. The van der Waals surface area contributed by atoms with Gasteiger partial charge in [-0.1, -0.05) is 35.9 Å². The number of anilines is 2. The molecule has 0 bridgehead atoms. The van der Waals surface area contributed by atoms with Gasteiger partial charge < -0.3 is 29.6 Å². The monoisotopic (exact) mass is 555 g/mol. The minimum Gasteiger partial charge on any atom is -0.497 e. The molecule has 5 rings (SSSR count). The van der Waals surface area contributed by atoms with Crippen molar-refractivity contribution in [2.24, 2.45) is 0 Å². The van der Waals surface area contributed by atoms with E-state index in [9.17, 15) is 4.79 Å². The van der Waals surface area contributed by atoms with Crippen LogP contribution in [0.5, 0.6) is 23.0 Å². The molecule has 0 spiro atoms. The average Bonchev–Trinajstić information content (AvgIpc) is 3.44. The maximum atomic E-state index is 13.9. The van der Waals surface area contributed by atoms with Crippen LogP contribution in [-0.4, -0.2) is 41.5 Å². The first-order valence-corrected chi connectivity index (χ1v) is 13.3. The molecular weight excluding hydrogens is 522 g/mol. The summed E-state index contributed by atoms with van der Waals surface area (Å²) < 4.78 is 24.7. The Kier molecular flexibility index (Phi) is 8.09. The topological polar surface area (TPSA) is 109 Å². The zero-order valence-electron chi connectivity index (χ0n) is 23.7. The highest BCUT2D eigenvalue weighted by molar-refractivity contribution is 6.06. The second-order valence-corrected chi connectivity index (χ2v) is 9.53. The fourth-order valence-electron chi connectivity index (χ4n) is 4.84. The molecule has 3 aromatic carbocycles. The summed E-state index contributed by atoms with van der Waals surface area (Å²) in [6, 6.07) is 18.5. The number of carbonyl (C=O) groups is 1. The number of aryl methyl sites for hydroxylation is 1. The van der Waals surface area contributed by atoms with Crippen LogP contribution in [0.15, 0.2) is 78.3 Å². The number of benzene rings is 3. The van der Waals surface area contributed by atoms with Gasteiger partial charge >= 0.3 is 0 Å². The maximum Gasteiger partial charge on any atom is 0.255 e. The molecule has 0 aliphatic carbocycles. The highest BCUT2D eigenvalue weighted by Crippen LogP contribution is 2.40. The van der Waals surface area contributed by atoms with Crippen molar-refractivity contribution in [2.45, 2.75) is 33.4 Å². The predicted octanol–water partition coefficient (Wildman–Crippen LogP) is 5.51. The minimum absolute atomic E-state index is 0.328. The Morgan fingerprint density at radius 3 is 2.56 bits per heavy atom. The fourth-order valence-corrected chi connectivity index (χ4v) is 4.84. The summed E-state index contributed by atoms with van der Waals surface area (Å²) in [4.78, 5) is 18.2. The molecule has 1 amide bonds. The number of hydrogen-bond donors (Lipinski definition) is 2. The van der Waals surface area contributed by atoms with Crippen LogP contribution in [0.4, 0.5) is 11.6 Å². The Morgan fingerprint density at radius 2 is 1.80 bits per heavy atom. The van der Waals surface area contributed by atoms with Crippen molar-refractivity contribution in [3.8, 4) is 23.0 Å². The zero-order chi connectivity index (χ0) is 28.9. The number of ether oxygens (including phenoxy) is 4. The molecule has 41 heavy (non-hydrogen) atoms. The number of nitrogens with one attached hydrogen (secondary N) is 2. The Balaban J connectivity index is 1.50. The lowest BCUT2D eigenvalue weighted by Crippen LogP contribution is -2.31.